The van der Waals surface area contributed by atoms with E-state index in [1.54, 1.807) is 17.4 Å². The molecule has 24 heavy (non-hydrogen) atoms. The third kappa shape index (κ3) is 2.89. The van der Waals surface area contributed by atoms with E-state index in [1.165, 1.54) is 10.4 Å². The minimum absolute atomic E-state index is 0.0175. The molecular weight excluding hydrogens is 322 g/mol. The topological polar surface area (TPSA) is 62.1 Å². The second-order valence-corrected chi connectivity index (χ2v) is 7.27. The zero-order valence-corrected chi connectivity index (χ0v) is 14.5. The van der Waals surface area contributed by atoms with Gasteiger partial charge in [0.25, 0.3) is 5.91 Å². The van der Waals surface area contributed by atoms with Gasteiger partial charge in [0.1, 0.15) is 11.5 Å². The Bertz CT molecular complexity index is 872. The van der Waals surface area contributed by atoms with Gasteiger partial charge in [0.2, 0.25) is 0 Å². The van der Waals surface area contributed by atoms with Crippen molar-refractivity contribution in [3.8, 4) is 11.5 Å². The van der Waals surface area contributed by atoms with Gasteiger partial charge in [0.05, 0.1) is 6.54 Å². The van der Waals surface area contributed by atoms with Crippen molar-refractivity contribution in [1.82, 2.24) is 15.1 Å². The van der Waals surface area contributed by atoms with Gasteiger partial charge in [-0.15, -0.1) is 11.3 Å². The van der Waals surface area contributed by atoms with Crippen LogP contribution < -0.4 is 0 Å². The Kier molecular flexibility index (Phi) is 3.76. The van der Waals surface area contributed by atoms with E-state index >= 15 is 0 Å². The quantitative estimate of drug-likeness (QED) is 0.758. The number of nitrogens with zero attached hydrogens (tertiary/aromatic N) is 2. The fourth-order valence-electron chi connectivity index (χ4n) is 2.76. The second kappa shape index (κ2) is 5.94. The number of amides is 1. The lowest BCUT2D eigenvalue weighted by Crippen LogP contribution is -2.32. The minimum Gasteiger partial charge on any atom is -0.460 e. The molecule has 0 aliphatic heterocycles. The second-order valence-electron chi connectivity index (χ2n) is 6.27. The SMILES string of the molecule is Cc1ccc(-c2cc(C(=O)N(Cc3sccc3C)C3CC3)n[nH]2)o1. The highest BCUT2D eigenvalue weighted by Gasteiger charge is 2.34. The van der Waals surface area contributed by atoms with Gasteiger partial charge in [0, 0.05) is 17.0 Å². The summed E-state index contributed by atoms with van der Waals surface area (Å²) in [6, 6.07) is 7.99. The first-order chi connectivity index (χ1) is 11.6. The van der Waals surface area contributed by atoms with E-state index in [-0.39, 0.29) is 5.91 Å². The maximum atomic E-state index is 12.9. The molecule has 0 spiro atoms. The molecule has 5 nitrogen and oxygen atoms in total. The van der Waals surface area contributed by atoms with Gasteiger partial charge < -0.3 is 9.32 Å². The molecule has 0 unspecified atom stereocenters. The number of aromatic nitrogens is 2. The van der Waals surface area contributed by atoms with Gasteiger partial charge in [-0.05, 0) is 55.8 Å². The van der Waals surface area contributed by atoms with E-state index in [1.807, 2.05) is 24.0 Å². The van der Waals surface area contributed by atoms with Gasteiger partial charge in [0.15, 0.2) is 11.5 Å². The Morgan fingerprint density at radius 2 is 2.21 bits per heavy atom. The van der Waals surface area contributed by atoms with Crippen molar-refractivity contribution in [3.05, 3.63) is 51.5 Å². The number of aryl methyl sites for hydroxylation is 2. The average molecular weight is 341 g/mol. The Morgan fingerprint density at radius 1 is 1.38 bits per heavy atom. The molecular formula is C18H19N3O2S. The maximum Gasteiger partial charge on any atom is 0.274 e. The molecule has 0 atom stereocenters. The van der Waals surface area contributed by atoms with Crippen LogP contribution in [-0.4, -0.2) is 27.0 Å². The first-order valence-electron chi connectivity index (χ1n) is 8.08. The van der Waals surface area contributed by atoms with E-state index in [0.29, 0.717) is 24.0 Å². The summed E-state index contributed by atoms with van der Waals surface area (Å²) in [7, 11) is 0. The van der Waals surface area contributed by atoms with E-state index in [4.69, 9.17) is 4.42 Å². The number of rotatable bonds is 5. The number of hydrogen-bond acceptors (Lipinski definition) is 4. The summed E-state index contributed by atoms with van der Waals surface area (Å²) >= 11 is 1.70. The molecule has 1 amide bonds. The first-order valence-corrected chi connectivity index (χ1v) is 8.96. The minimum atomic E-state index is -0.0175. The molecule has 3 heterocycles. The fraction of sp³-hybridized carbons (Fsp3) is 0.333. The van der Waals surface area contributed by atoms with Crippen LogP contribution in [0.1, 0.15) is 39.5 Å². The highest BCUT2D eigenvalue weighted by Crippen LogP contribution is 2.32. The van der Waals surface area contributed by atoms with Gasteiger partial charge in [-0.25, -0.2) is 0 Å². The van der Waals surface area contributed by atoms with Crippen LogP contribution in [-0.2, 0) is 6.54 Å². The zero-order chi connectivity index (χ0) is 16.7. The van der Waals surface area contributed by atoms with Crippen molar-refractivity contribution in [2.75, 3.05) is 0 Å². The summed E-state index contributed by atoms with van der Waals surface area (Å²) in [4.78, 5) is 16.1. The summed E-state index contributed by atoms with van der Waals surface area (Å²) in [6.45, 7) is 4.65. The monoisotopic (exact) mass is 341 g/mol. The van der Waals surface area contributed by atoms with Crippen molar-refractivity contribution in [1.29, 1.82) is 0 Å². The van der Waals surface area contributed by atoms with Crippen LogP contribution in [0.15, 0.2) is 34.1 Å². The number of thiophene rings is 1. The van der Waals surface area contributed by atoms with Crippen molar-refractivity contribution >= 4 is 17.2 Å². The van der Waals surface area contributed by atoms with Crippen LogP contribution in [0.2, 0.25) is 0 Å². The molecule has 1 aliphatic rings. The van der Waals surface area contributed by atoms with Crippen LogP contribution in [0, 0.1) is 13.8 Å². The van der Waals surface area contributed by atoms with Crippen LogP contribution in [0.4, 0.5) is 0 Å². The summed E-state index contributed by atoms with van der Waals surface area (Å²) in [6.07, 6.45) is 2.15. The Balaban J connectivity index is 1.57. The third-order valence-corrected chi connectivity index (χ3v) is 5.34. The van der Waals surface area contributed by atoms with Crippen LogP contribution in [0.3, 0.4) is 0 Å². The third-order valence-electron chi connectivity index (χ3n) is 4.33. The van der Waals surface area contributed by atoms with Gasteiger partial charge in [-0.3, -0.25) is 9.89 Å². The van der Waals surface area contributed by atoms with E-state index in [9.17, 15) is 4.79 Å². The molecule has 124 valence electrons. The van der Waals surface area contributed by atoms with E-state index in [2.05, 4.69) is 28.6 Å². The van der Waals surface area contributed by atoms with Crippen LogP contribution in [0.5, 0.6) is 0 Å². The number of H-pyrrole nitrogens is 1. The lowest BCUT2D eigenvalue weighted by molar-refractivity contribution is 0.0725. The highest BCUT2D eigenvalue weighted by atomic mass is 32.1. The van der Waals surface area contributed by atoms with Crippen molar-refractivity contribution in [3.63, 3.8) is 0 Å². The molecule has 1 aliphatic carbocycles. The number of carbonyl (C=O) groups is 1. The molecule has 1 N–H and O–H groups in total. The summed E-state index contributed by atoms with van der Waals surface area (Å²) in [5.74, 6) is 1.52. The summed E-state index contributed by atoms with van der Waals surface area (Å²) in [5, 5.41) is 9.20. The standard InChI is InChI=1S/C18H19N3O2S/c1-11-7-8-24-17(11)10-21(13-4-5-13)18(22)15-9-14(19-20-15)16-6-3-12(2)23-16/h3,6-9,13H,4-5,10H2,1-2H3,(H,19,20). The highest BCUT2D eigenvalue weighted by molar-refractivity contribution is 7.10. The molecule has 0 radical (unpaired) electrons. The van der Waals surface area contributed by atoms with Crippen molar-refractivity contribution < 1.29 is 9.21 Å². The van der Waals surface area contributed by atoms with Gasteiger partial charge >= 0.3 is 0 Å². The molecule has 1 fully saturated rings. The molecule has 6 heteroatoms. The Morgan fingerprint density at radius 3 is 2.83 bits per heavy atom. The number of furan rings is 1. The average Bonchev–Trinajstić information content (AvgIpc) is 2.96. The fourth-order valence-corrected chi connectivity index (χ4v) is 3.66. The molecule has 3 aromatic rings. The number of hydrogen-bond donors (Lipinski definition) is 1. The van der Waals surface area contributed by atoms with E-state index < -0.39 is 0 Å². The molecule has 0 aromatic carbocycles. The maximum absolute atomic E-state index is 12.9. The molecule has 0 bridgehead atoms. The number of nitrogens with one attached hydrogen (secondary N) is 1. The van der Waals surface area contributed by atoms with Crippen LogP contribution in [0.25, 0.3) is 11.5 Å². The van der Waals surface area contributed by atoms with Crippen molar-refractivity contribution in [2.24, 2.45) is 0 Å². The lowest BCUT2D eigenvalue weighted by atomic mass is 10.2. The van der Waals surface area contributed by atoms with Gasteiger partial charge in [-0.1, -0.05) is 0 Å². The Hall–Kier alpha value is -2.34. The molecule has 4 rings (SSSR count). The normalized spacial score (nSPS) is 14.1. The smallest absolute Gasteiger partial charge is 0.274 e. The van der Waals surface area contributed by atoms with Crippen LogP contribution >= 0.6 is 11.3 Å². The molecule has 1 saturated carbocycles. The largest absolute Gasteiger partial charge is 0.460 e. The predicted molar refractivity (Wildman–Crippen MR) is 93.0 cm³/mol. The predicted octanol–water partition coefficient (Wildman–Crippen LogP) is 4.15. The zero-order valence-electron chi connectivity index (χ0n) is 13.7. The number of aromatic amines is 1. The summed E-state index contributed by atoms with van der Waals surface area (Å²) < 4.78 is 5.59. The van der Waals surface area contributed by atoms with Crippen molar-refractivity contribution in [2.45, 2.75) is 39.3 Å². The molecule has 0 saturated heterocycles. The lowest BCUT2D eigenvalue weighted by Gasteiger charge is -2.21. The van der Waals surface area contributed by atoms with Gasteiger partial charge in [-0.2, -0.15) is 5.10 Å². The number of carbonyl (C=O) groups excluding carboxylic acids is 1. The Labute approximate surface area is 144 Å². The summed E-state index contributed by atoms with van der Waals surface area (Å²) in [5.41, 5.74) is 2.42. The first kappa shape index (κ1) is 15.2. The molecule has 3 aromatic heterocycles. The van der Waals surface area contributed by atoms with E-state index in [0.717, 1.165) is 24.3 Å².